The number of rotatable bonds is 5. The molecule has 0 saturated carbocycles. The molecule has 2 atom stereocenters. The standard InChI is InChI=1S/C22H20FN3O5/c1-30-22(29)18-10-14(31-19-9-5-3-7-16(19)23)11-26(18)20(27)12-25-13-24-17-8-4-2-6-15(17)21(25)28/h2-9,13-14,18H,10-12H2,1H3/t14-,18+/m0/s1. The smallest absolute Gasteiger partial charge is 0.328 e. The SMILES string of the molecule is COC(=O)[C@H]1C[C@H](Oc2ccccc2F)CN1C(=O)Cn1cnc2ccccc2c1=O. The highest BCUT2D eigenvalue weighted by atomic mass is 19.1. The Labute approximate surface area is 176 Å². The van der Waals surface area contributed by atoms with Crippen LogP contribution in [-0.2, 0) is 20.9 Å². The minimum absolute atomic E-state index is 0.0420. The van der Waals surface area contributed by atoms with Crippen molar-refractivity contribution in [1.82, 2.24) is 14.5 Å². The molecule has 0 bridgehead atoms. The minimum atomic E-state index is -0.890. The molecule has 4 rings (SSSR count). The van der Waals surface area contributed by atoms with Crippen LogP contribution in [0.1, 0.15) is 6.42 Å². The van der Waals surface area contributed by atoms with Crippen LogP contribution in [-0.4, -0.2) is 52.1 Å². The molecule has 0 unspecified atom stereocenters. The molecule has 1 fully saturated rings. The Morgan fingerprint density at radius 2 is 1.90 bits per heavy atom. The van der Waals surface area contributed by atoms with Crippen molar-refractivity contribution >= 4 is 22.8 Å². The lowest BCUT2D eigenvalue weighted by Crippen LogP contribution is -2.44. The van der Waals surface area contributed by atoms with Gasteiger partial charge in [-0.2, -0.15) is 0 Å². The van der Waals surface area contributed by atoms with Crippen LogP contribution in [0.2, 0.25) is 0 Å². The Morgan fingerprint density at radius 3 is 2.68 bits per heavy atom. The number of likely N-dealkylation sites (tertiary alicyclic amines) is 1. The molecule has 0 spiro atoms. The number of para-hydroxylation sites is 2. The maximum absolute atomic E-state index is 13.9. The van der Waals surface area contributed by atoms with Gasteiger partial charge in [0, 0.05) is 6.42 Å². The molecule has 2 heterocycles. The van der Waals surface area contributed by atoms with E-state index >= 15 is 0 Å². The van der Waals surface area contributed by atoms with E-state index in [4.69, 9.17) is 9.47 Å². The van der Waals surface area contributed by atoms with E-state index in [1.807, 2.05) is 0 Å². The zero-order valence-electron chi connectivity index (χ0n) is 16.7. The number of nitrogens with zero attached hydrogens (tertiary/aromatic N) is 3. The molecule has 160 valence electrons. The molecule has 1 aliphatic heterocycles. The predicted octanol–water partition coefficient (Wildman–Crippen LogP) is 1.76. The Morgan fingerprint density at radius 1 is 1.16 bits per heavy atom. The highest BCUT2D eigenvalue weighted by molar-refractivity contribution is 5.85. The van der Waals surface area contributed by atoms with Crippen LogP contribution >= 0.6 is 0 Å². The number of carbonyl (C=O) groups excluding carboxylic acids is 2. The summed E-state index contributed by atoms with van der Waals surface area (Å²) in [5, 5.41) is 0.393. The summed E-state index contributed by atoms with van der Waals surface area (Å²) in [5.74, 6) is -1.55. The number of hydrogen-bond donors (Lipinski definition) is 0. The number of aromatic nitrogens is 2. The van der Waals surface area contributed by atoms with Crippen LogP contribution in [0.4, 0.5) is 4.39 Å². The van der Waals surface area contributed by atoms with Crippen LogP contribution in [0.3, 0.4) is 0 Å². The number of hydrogen-bond acceptors (Lipinski definition) is 6. The number of esters is 1. The van der Waals surface area contributed by atoms with Gasteiger partial charge in [-0.3, -0.25) is 14.2 Å². The van der Waals surface area contributed by atoms with Crippen molar-refractivity contribution in [3.63, 3.8) is 0 Å². The quantitative estimate of drug-likeness (QED) is 0.579. The first-order chi connectivity index (χ1) is 15.0. The molecule has 2 aromatic carbocycles. The van der Waals surface area contributed by atoms with Crippen molar-refractivity contribution < 1.29 is 23.5 Å². The molecule has 8 nitrogen and oxygen atoms in total. The van der Waals surface area contributed by atoms with Crippen LogP contribution in [0.5, 0.6) is 5.75 Å². The summed E-state index contributed by atoms with van der Waals surface area (Å²) in [6, 6.07) is 11.9. The molecule has 1 aromatic heterocycles. The summed E-state index contributed by atoms with van der Waals surface area (Å²) in [5.41, 5.74) is 0.176. The van der Waals surface area contributed by atoms with Gasteiger partial charge in [-0.15, -0.1) is 0 Å². The van der Waals surface area contributed by atoms with Gasteiger partial charge >= 0.3 is 5.97 Å². The average Bonchev–Trinajstić information content (AvgIpc) is 3.21. The fraction of sp³-hybridized carbons (Fsp3) is 0.273. The summed E-state index contributed by atoms with van der Waals surface area (Å²) in [6.07, 6.45) is 0.855. The van der Waals surface area contributed by atoms with Crippen molar-refractivity contribution in [2.75, 3.05) is 13.7 Å². The predicted molar refractivity (Wildman–Crippen MR) is 109 cm³/mol. The maximum Gasteiger partial charge on any atom is 0.328 e. The molecule has 0 N–H and O–H groups in total. The topological polar surface area (TPSA) is 90.7 Å². The number of benzene rings is 2. The fourth-order valence-corrected chi connectivity index (χ4v) is 3.69. The van der Waals surface area contributed by atoms with Crippen LogP contribution in [0, 0.1) is 5.82 Å². The lowest BCUT2D eigenvalue weighted by molar-refractivity contribution is -0.151. The summed E-state index contributed by atoms with van der Waals surface area (Å²) in [7, 11) is 1.23. The molecule has 0 radical (unpaired) electrons. The zero-order chi connectivity index (χ0) is 22.0. The van der Waals surface area contributed by atoms with Gasteiger partial charge in [0.1, 0.15) is 18.7 Å². The largest absolute Gasteiger partial charge is 0.485 e. The van der Waals surface area contributed by atoms with Crippen LogP contribution in [0.25, 0.3) is 10.9 Å². The van der Waals surface area contributed by atoms with Crippen molar-refractivity contribution in [2.24, 2.45) is 0 Å². The summed E-state index contributed by atoms with van der Waals surface area (Å²) in [6.45, 7) is -0.237. The van der Waals surface area contributed by atoms with Gasteiger partial charge in [0.15, 0.2) is 11.6 Å². The number of halogens is 1. The van der Waals surface area contributed by atoms with E-state index in [9.17, 15) is 18.8 Å². The second-order valence-corrected chi connectivity index (χ2v) is 7.19. The van der Waals surface area contributed by atoms with Crippen molar-refractivity contribution in [2.45, 2.75) is 25.1 Å². The summed E-state index contributed by atoms with van der Waals surface area (Å²) < 4.78 is 25.6. The Hall–Kier alpha value is -3.75. The third kappa shape index (κ3) is 4.11. The number of ether oxygens (including phenoxy) is 2. The van der Waals surface area contributed by atoms with Crippen LogP contribution in [0.15, 0.2) is 59.7 Å². The second kappa shape index (κ2) is 8.55. The number of methoxy groups -OCH3 is 1. The highest BCUT2D eigenvalue weighted by Gasteiger charge is 2.41. The van der Waals surface area contributed by atoms with Crippen molar-refractivity contribution in [3.05, 3.63) is 71.0 Å². The van der Waals surface area contributed by atoms with Gasteiger partial charge in [-0.1, -0.05) is 24.3 Å². The fourth-order valence-electron chi connectivity index (χ4n) is 3.69. The van der Waals surface area contributed by atoms with Gasteiger partial charge < -0.3 is 14.4 Å². The van der Waals surface area contributed by atoms with Gasteiger partial charge in [0.05, 0.1) is 30.9 Å². The molecular weight excluding hydrogens is 405 g/mol. The normalized spacial score (nSPS) is 18.2. The van der Waals surface area contributed by atoms with Gasteiger partial charge in [-0.05, 0) is 24.3 Å². The molecule has 1 saturated heterocycles. The Kier molecular flexibility index (Phi) is 5.66. The molecule has 0 aliphatic carbocycles. The first-order valence-electron chi connectivity index (χ1n) is 9.70. The van der Waals surface area contributed by atoms with E-state index in [-0.39, 0.29) is 30.8 Å². The van der Waals surface area contributed by atoms with Crippen LogP contribution < -0.4 is 10.3 Å². The van der Waals surface area contributed by atoms with Gasteiger partial charge in [-0.25, -0.2) is 14.2 Å². The van der Waals surface area contributed by atoms with E-state index in [2.05, 4.69) is 4.98 Å². The van der Waals surface area contributed by atoms with Gasteiger partial charge in [0.25, 0.3) is 5.56 Å². The lowest BCUT2D eigenvalue weighted by Gasteiger charge is -2.22. The average molecular weight is 425 g/mol. The van der Waals surface area contributed by atoms with Crippen molar-refractivity contribution in [1.29, 1.82) is 0 Å². The highest BCUT2D eigenvalue weighted by Crippen LogP contribution is 2.26. The maximum atomic E-state index is 13.9. The second-order valence-electron chi connectivity index (χ2n) is 7.19. The monoisotopic (exact) mass is 425 g/mol. The van der Waals surface area contributed by atoms with Crippen molar-refractivity contribution in [3.8, 4) is 5.75 Å². The molecule has 1 amide bonds. The molecular formula is C22H20FN3O5. The summed E-state index contributed by atoms with van der Waals surface area (Å²) in [4.78, 5) is 43.5. The number of fused-ring (bicyclic) bond motifs is 1. The van der Waals surface area contributed by atoms with E-state index in [1.165, 1.54) is 35.0 Å². The molecule has 9 heteroatoms. The van der Waals surface area contributed by atoms with E-state index in [0.717, 1.165) is 0 Å². The zero-order valence-corrected chi connectivity index (χ0v) is 16.7. The number of carbonyl (C=O) groups is 2. The van der Waals surface area contributed by atoms with Gasteiger partial charge in [0.2, 0.25) is 5.91 Å². The summed E-state index contributed by atoms with van der Waals surface area (Å²) >= 11 is 0. The third-order valence-corrected chi connectivity index (χ3v) is 5.22. The first kappa shape index (κ1) is 20.5. The molecule has 3 aromatic rings. The van der Waals surface area contributed by atoms with E-state index < -0.39 is 29.8 Å². The number of amides is 1. The Balaban J connectivity index is 1.55. The molecule has 1 aliphatic rings. The third-order valence-electron chi connectivity index (χ3n) is 5.22. The van der Waals surface area contributed by atoms with E-state index in [0.29, 0.717) is 10.9 Å². The molecule has 31 heavy (non-hydrogen) atoms. The Bertz CT molecular complexity index is 1190. The van der Waals surface area contributed by atoms with E-state index in [1.54, 1.807) is 36.4 Å². The minimum Gasteiger partial charge on any atom is -0.485 e. The lowest BCUT2D eigenvalue weighted by atomic mass is 10.2. The first-order valence-corrected chi connectivity index (χ1v) is 9.70.